The van der Waals surface area contributed by atoms with E-state index in [9.17, 15) is 4.79 Å². The number of nitrogens with zero attached hydrogens (tertiary/aromatic N) is 1. The highest BCUT2D eigenvalue weighted by Crippen LogP contribution is 2.28. The number of carboxylic acid groups (broad SMARTS) is 1. The number of rotatable bonds is 3. The van der Waals surface area contributed by atoms with Gasteiger partial charge in [-0.2, -0.15) is 0 Å². The Labute approximate surface area is 110 Å². The van der Waals surface area contributed by atoms with Gasteiger partial charge in [0.05, 0.1) is 6.42 Å². The molecule has 1 heterocycles. The molecule has 0 radical (unpaired) electrons. The fraction of sp³-hybridized carbons (Fsp3) is 0.929. The van der Waals surface area contributed by atoms with Crippen LogP contribution >= 0.6 is 0 Å². The summed E-state index contributed by atoms with van der Waals surface area (Å²) in [7, 11) is 0. The van der Waals surface area contributed by atoms with Crippen LogP contribution in [0.4, 0.5) is 0 Å². The van der Waals surface area contributed by atoms with E-state index in [0.717, 1.165) is 13.1 Å². The maximum atomic E-state index is 11.0. The lowest BCUT2D eigenvalue weighted by Gasteiger charge is -2.48. The second kappa shape index (κ2) is 5.57. The number of aliphatic carboxylic acids is 1. The van der Waals surface area contributed by atoms with Crippen molar-refractivity contribution in [2.75, 3.05) is 13.1 Å². The monoisotopic (exact) mass is 254 g/mol. The van der Waals surface area contributed by atoms with Gasteiger partial charge in [-0.15, -0.1) is 0 Å². The van der Waals surface area contributed by atoms with Crippen molar-refractivity contribution in [3.05, 3.63) is 0 Å². The Morgan fingerprint density at radius 2 is 2.00 bits per heavy atom. The Kier molecular flexibility index (Phi) is 4.28. The Hall–Kier alpha value is -0.610. The van der Waals surface area contributed by atoms with Crippen LogP contribution < -0.4 is 5.32 Å². The summed E-state index contributed by atoms with van der Waals surface area (Å²) in [5.74, 6) is -0.678. The summed E-state index contributed by atoms with van der Waals surface area (Å²) in [5.41, 5.74) is 0.104. The van der Waals surface area contributed by atoms with E-state index in [1.165, 1.54) is 32.1 Å². The Bertz CT molecular complexity index is 298. The molecule has 2 rings (SSSR count). The van der Waals surface area contributed by atoms with Crippen LogP contribution in [0.1, 0.15) is 52.4 Å². The van der Waals surface area contributed by atoms with E-state index >= 15 is 0 Å². The Balaban J connectivity index is 2.05. The third-order valence-corrected chi connectivity index (χ3v) is 4.32. The largest absolute Gasteiger partial charge is 0.481 e. The van der Waals surface area contributed by atoms with Crippen molar-refractivity contribution >= 4 is 5.97 Å². The van der Waals surface area contributed by atoms with Gasteiger partial charge in [0.15, 0.2) is 0 Å². The fourth-order valence-electron chi connectivity index (χ4n) is 3.38. The van der Waals surface area contributed by atoms with Gasteiger partial charge in [-0.25, -0.2) is 0 Å². The lowest BCUT2D eigenvalue weighted by Crippen LogP contribution is -2.64. The number of piperazine rings is 1. The SMILES string of the molecule is CC1(C)CN(C2CCCCC2)C(CC(=O)O)CN1. The van der Waals surface area contributed by atoms with Gasteiger partial charge in [-0.1, -0.05) is 19.3 Å². The topological polar surface area (TPSA) is 52.6 Å². The molecule has 1 unspecified atom stereocenters. The second-order valence-electron chi connectivity index (χ2n) is 6.48. The summed E-state index contributed by atoms with van der Waals surface area (Å²) in [6.45, 7) is 6.19. The third kappa shape index (κ3) is 3.45. The first-order chi connectivity index (χ1) is 8.48. The van der Waals surface area contributed by atoms with Gasteiger partial charge < -0.3 is 10.4 Å². The molecule has 1 atom stereocenters. The molecule has 1 saturated carbocycles. The Morgan fingerprint density at radius 3 is 2.61 bits per heavy atom. The standard InChI is InChI=1S/C14H26N2O2/c1-14(2)10-16(11-6-4-3-5-7-11)12(9-15-14)8-13(17)18/h11-12,15H,3-10H2,1-2H3,(H,17,18). The molecule has 0 bridgehead atoms. The minimum absolute atomic E-state index is 0.104. The highest BCUT2D eigenvalue weighted by Gasteiger charge is 2.37. The van der Waals surface area contributed by atoms with E-state index in [1.54, 1.807) is 0 Å². The molecule has 2 aliphatic rings. The molecule has 1 aliphatic heterocycles. The molecule has 2 N–H and O–H groups in total. The molecule has 0 aromatic rings. The zero-order valence-electron chi connectivity index (χ0n) is 11.6. The highest BCUT2D eigenvalue weighted by atomic mass is 16.4. The Morgan fingerprint density at radius 1 is 1.33 bits per heavy atom. The van der Waals surface area contributed by atoms with Crippen LogP contribution in [0, 0.1) is 0 Å². The molecule has 1 aliphatic carbocycles. The molecular weight excluding hydrogens is 228 g/mol. The maximum Gasteiger partial charge on any atom is 0.304 e. The molecule has 4 nitrogen and oxygen atoms in total. The van der Waals surface area contributed by atoms with E-state index in [0.29, 0.717) is 6.04 Å². The van der Waals surface area contributed by atoms with Crippen LogP contribution in [0.25, 0.3) is 0 Å². The van der Waals surface area contributed by atoms with Gasteiger partial charge in [-0.05, 0) is 26.7 Å². The molecule has 0 aromatic carbocycles. The van der Waals surface area contributed by atoms with Crippen molar-refractivity contribution in [3.8, 4) is 0 Å². The summed E-state index contributed by atoms with van der Waals surface area (Å²) in [5, 5.41) is 12.5. The van der Waals surface area contributed by atoms with E-state index in [2.05, 4.69) is 24.1 Å². The molecule has 2 fully saturated rings. The van der Waals surface area contributed by atoms with Crippen molar-refractivity contribution < 1.29 is 9.90 Å². The minimum Gasteiger partial charge on any atom is -0.481 e. The molecule has 104 valence electrons. The number of nitrogens with one attached hydrogen (secondary N) is 1. The van der Waals surface area contributed by atoms with E-state index < -0.39 is 5.97 Å². The van der Waals surface area contributed by atoms with Crippen LogP contribution in [-0.4, -0.2) is 46.7 Å². The molecule has 0 spiro atoms. The summed E-state index contributed by atoms with van der Waals surface area (Å²) in [6, 6.07) is 0.767. The number of hydrogen-bond donors (Lipinski definition) is 2. The van der Waals surface area contributed by atoms with E-state index in [-0.39, 0.29) is 18.0 Å². The summed E-state index contributed by atoms with van der Waals surface area (Å²) in [6.07, 6.45) is 6.69. The first-order valence-electron chi connectivity index (χ1n) is 7.20. The minimum atomic E-state index is -0.678. The van der Waals surface area contributed by atoms with Crippen molar-refractivity contribution in [1.82, 2.24) is 10.2 Å². The van der Waals surface area contributed by atoms with Crippen LogP contribution in [-0.2, 0) is 4.79 Å². The van der Waals surface area contributed by atoms with Gasteiger partial charge in [0.25, 0.3) is 0 Å². The van der Waals surface area contributed by atoms with Gasteiger partial charge in [0.1, 0.15) is 0 Å². The molecule has 0 amide bonds. The molecule has 0 aromatic heterocycles. The molecule has 18 heavy (non-hydrogen) atoms. The van der Waals surface area contributed by atoms with Crippen LogP contribution in [0.3, 0.4) is 0 Å². The first-order valence-corrected chi connectivity index (χ1v) is 7.20. The first kappa shape index (κ1) is 13.8. The van der Waals surface area contributed by atoms with Crippen LogP contribution in [0.15, 0.2) is 0 Å². The van der Waals surface area contributed by atoms with Crippen LogP contribution in [0.2, 0.25) is 0 Å². The zero-order valence-corrected chi connectivity index (χ0v) is 11.6. The van der Waals surface area contributed by atoms with Gasteiger partial charge in [0, 0.05) is 30.7 Å². The van der Waals surface area contributed by atoms with Gasteiger partial charge >= 0.3 is 5.97 Å². The maximum absolute atomic E-state index is 11.0. The summed E-state index contributed by atoms with van der Waals surface area (Å²) in [4.78, 5) is 13.5. The predicted octanol–water partition coefficient (Wildman–Crippen LogP) is 1.85. The van der Waals surface area contributed by atoms with Gasteiger partial charge in [-0.3, -0.25) is 9.69 Å². The van der Waals surface area contributed by atoms with Crippen molar-refractivity contribution in [2.24, 2.45) is 0 Å². The zero-order chi connectivity index (χ0) is 13.2. The predicted molar refractivity (Wildman–Crippen MR) is 71.7 cm³/mol. The smallest absolute Gasteiger partial charge is 0.304 e. The quantitative estimate of drug-likeness (QED) is 0.807. The lowest BCUT2D eigenvalue weighted by atomic mass is 9.89. The van der Waals surface area contributed by atoms with Crippen molar-refractivity contribution in [3.63, 3.8) is 0 Å². The lowest BCUT2D eigenvalue weighted by molar-refractivity contribution is -0.139. The molecule has 1 saturated heterocycles. The van der Waals surface area contributed by atoms with Gasteiger partial charge in [0.2, 0.25) is 0 Å². The molecule has 4 heteroatoms. The number of carboxylic acids is 1. The normalized spacial score (nSPS) is 30.2. The van der Waals surface area contributed by atoms with E-state index in [1.807, 2.05) is 0 Å². The summed E-state index contributed by atoms with van der Waals surface area (Å²) < 4.78 is 0. The number of carbonyl (C=O) groups is 1. The van der Waals surface area contributed by atoms with Crippen LogP contribution in [0.5, 0.6) is 0 Å². The fourth-order valence-corrected chi connectivity index (χ4v) is 3.38. The average Bonchev–Trinajstić information content (AvgIpc) is 2.32. The van der Waals surface area contributed by atoms with Crippen molar-refractivity contribution in [2.45, 2.75) is 70.0 Å². The highest BCUT2D eigenvalue weighted by molar-refractivity contribution is 5.67. The van der Waals surface area contributed by atoms with E-state index in [4.69, 9.17) is 5.11 Å². The molecular formula is C14H26N2O2. The average molecular weight is 254 g/mol. The van der Waals surface area contributed by atoms with Crippen molar-refractivity contribution in [1.29, 1.82) is 0 Å². The summed E-state index contributed by atoms with van der Waals surface area (Å²) >= 11 is 0. The number of hydrogen-bond acceptors (Lipinski definition) is 3. The second-order valence-corrected chi connectivity index (χ2v) is 6.48. The third-order valence-electron chi connectivity index (χ3n) is 4.32.